The summed E-state index contributed by atoms with van der Waals surface area (Å²) in [5.41, 5.74) is 0. The topological polar surface area (TPSA) is 68.3 Å². The average molecular weight is 258 g/mol. The van der Waals surface area contributed by atoms with Crippen molar-refractivity contribution >= 4 is 9.84 Å². The van der Waals surface area contributed by atoms with Crippen LogP contribution in [0.15, 0.2) is 23.2 Å². The quantitative estimate of drug-likeness (QED) is 0.767. The van der Waals surface area contributed by atoms with Crippen LogP contribution in [0.2, 0.25) is 0 Å². The molecule has 0 aliphatic carbocycles. The molecule has 1 aromatic rings. The number of hydrogen-bond donors (Lipinski definition) is 1. The summed E-state index contributed by atoms with van der Waals surface area (Å²) >= 11 is 0. The Hall–Kier alpha value is -1.14. The molecule has 96 valence electrons. The van der Waals surface area contributed by atoms with Crippen LogP contribution in [0, 0.1) is 0 Å². The van der Waals surface area contributed by atoms with Crippen molar-refractivity contribution in [1.29, 1.82) is 0 Å². The lowest BCUT2D eigenvalue weighted by molar-refractivity contribution is 0.290. The van der Waals surface area contributed by atoms with Gasteiger partial charge >= 0.3 is 0 Å². The summed E-state index contributed by atoms with van der Waals surface area (Å²) in [5, 5.41) is 3.17. The van der Waals surface area contributed by atoms with E-state index >= 15 is 0 Å². The van der Waals surface area contributed by atoms with Crippen LogP contribution in [0.4, 0.5) is 0 Å². The van der Waals surface area contributed by atoms with Crippen LogP contribution in [0.3, 0.4) is 0 Å². The fourth-order valence-corrected chi connectivity index (χ4v) is 2.02. The molecule has 0 aliphatic rings. The third kappa shape index (κ3) is 4.70. The predicted molar refractivity (Wildman–Crippen MR) is 66.0 cm³/mol. The van der Waals surface area contributed by atoms with Gasteiger partial charge in [0.1, 0.15) is 11.5 Å². The second-order valence-corrected chi connectivity index (χ2v) is 6.02. The van der Waals surface area contributed by atoms with Crippen LogP contribution >= 0.6 is 0 Å². The summed E-state index contributed by atoms with van der Waals surface area (Å²) in [4.78, 5) is 4.06. The van der Waals surface area contributed by atoms with Crippen molar-refractivity contribution in [1.82, 2.24) is 10.3 Å². The van der Waals surface area contributed by atoms with E-state index in [1.165, 1.54) is 12.3 Å². The Balaban J connectivity index is 2.65. The largest absolute Gasteiger partial charge is 0.475 e. The molecule has 1 aromatic heterocycles. The maximum Gasteiger partial charge on any atom is 0.232 e. The van der Waals surface area contributed by atoms with Gasteiger partial charge in [-0.2, -0.15) is 0 Å². The molecule has 0 aliphatic heterocycles. The Kier molecular flexibility index (Phi) is 4.89. The molecular formula is C11H18N2O3S. The Morgan fingerprint density at radius 3 is 2.76 bits per heavy atom. The Bertz CT molecular complexity index is 458. The summed E-state index contributed by atoms with van der Waals surface area (Å²) < 4.78 is 28.3. The molecule has 6 heteroatoms. The van der Waals surface area contributed by atoms with Gasteiger partial charge in [-0.15, -0.1) is 0 Å². The van der Waals surface area contributed by atoms with E-state index in [1.807, 2.05) is 13.8 Å². The van der Waals surface area contributed by atoms with Crippen LogP contribution < -0.4 is 10.1 Å². The van der Waals surface area contributed by atoms with Crippen LogP contribution in [0.1, 0.15) is 13.8 Å². The van der Waals surface area contributed by atoms with E-state index < -0.39 is 9.84 Å². The van der Waals surface area contributed by atoms with Gasteiger partial charge in [0, 0.05) is 25.0 Å². The molecule has 0 fully saturated rings. The molecule has 0 spiro atoms. The number of sulfone groups is 1. The summed E-state index contributed by atoms with van der Waals surface area (Å²) in [6.07, 6.45) is 2.66. The first-order valence-electron chi connectivity index (χ1n) is 5.42. The second kappa shape index (κ2) is 5.97. The average Bonchev–Trinajstić information content (AvgIpc) is 2.23. The van der Waals surface area contributed by atoms with Gasteiger partial charge in [-0.05, 0) is 12.1 Å². The molecule has 0 atom stereocenters. The molecule has 0 radical (unpaired) electrons. The van der Waals surface area contributed by atoms with Gasteiger partial charge in [-0.25, -0.2) is 13.4 Å². The van der Waals surface area contributed by atoms with Crippen molar-refractivity contribution in [3.8, 4) is 5.88 Å². The summed E-state index contributed by atoms with van der Waals surface area (Å²) in [6.45, 7) is 5.10. The zero-order valence-corrected chi connectivity index (χ0v) is 11.1. The van der Waals surface area contributed by atoms with Crippen molar-refractivity contribution in [3.05, 3.63) is 18.3 Å². The molecule has 1 N–H and O–H groups in total. The van der Waals surface area contributed by atoms with Gasteiger partial charge in [-0.1, -0.05) is 13.8 Å². The van der Waals surface area contributed by atoms with E-state index in [-0.39, 0.29) is 10.8 Å². The third-order valence-electron chi connectivity index (χ3n) is 2.03. The minimum absolute atomic E-state index is 0.129. The fourth-order valence-electron chi connectivity index (χ4n) is 1.26. The molecule has 1 heterocycles. The fraction of sp³-hybridized carbons (Fsp3) is 0.545. The Morgan fingerprint density at radius 2 is 2.18 bits per heavy atom. The molecule has 0 bridgehead atoms. The Labute approximate surface area is 102 Å². The van der Waals surface area contributed by atoms with Crippen molar-refractivity contribution in [2.45, 2.75) is 24.8 Å². The number of ether oxygens (including phenoxy) is 1. The highest BCUT2D eigenvalue weighted by atomic mass is 32.2. The lowest BCUT2D eigenvalue weighted by atomic mass is 10.4. The van der Waals surface area contributed by atoms with Crippen LogP contribution in [-0.2, 0) is 9.84 Å². The number of rotatable bonds is 6. The van der Waals surface area contributed by atoms with Crippen molar-refractivity contribution in [3.63, 3.8) is 0 Å². The van der Waals surface area contributed by atoms with E-state index in [2.05, 4.69) is 10.3 Å². The summed E-state index contributed by atoms with van der Waals surface area (Å²) in [5.74, 6) is 0.167. The van der Waals surface area contributed by atoms with E-state index in [1.54, 1.807) is 6.07 Å². The monoisotopic (exact) mass is 258 g/mol. The highest BCUT2D eigenvalue weighted by Gasteiger charge is 2.14. The van der Waals surface area contributed by atoms with Crippen LogP contribution in [0.5, 0.6) is 5.88 Å². The van der Waals surface area contributed by atoms with Gasteiger partial charge in [0.05, 0.1) is 0 Å². The van der Waals surface area contributed by atoms with Crippen LogP contribution in [0.25, 0.3) is 0 Å². The Morgan fingerprint density at radius 1 is 1.47 bits per heavy atom. The van der Waals surface area contributed by atoms with Crippen molar-refractivity contribution in [2.24, 2.45) is 0 Å². The summed E-state index contributed by atoms with van der Waals surface area (Å²) in [6, 6.07) is 3.44. The van der Waals surface area contributed by atoms with Crippen molar-refractivity contribution < 1.29 is 13.2 Å². The second-order valence-electron chi connectivity index (χ2n) is 4.04. The molecule has 0 saturated carbocycles. The molecule has 5 nitrogen and oxygen atoms in total. The number of nitrogens with one attached hydrogen (secondary N) is 1. The first kappa shape index (κ1) is 13.9. The molecule has 1 rings (SSSR count). The minimum Gasteiger partial charge on any atom is -0.475 e. The number of nitrogens with zero attached hydrogens (tertiary/aromatic N) is 1. The van der Waals surface area contributed by atoms with Gasteiger partial charge in [0.15, 0.2) is 9.84 Å². The SMILES string of the molecule is CC(C)NCCOc1ncccc1S(C)(=O)=O. The standard InChI is InChI=1S/C11H18N2O3S/c1-9(2)12-7-8-16-11-10(17(3,14)15)5-4-6-13-11/h4-6,9,12H,7-8H2,1-3H3. The molecule has 0 aromatic carbocycles. The minimum atomic E-state index is -3.29. The molecule has 0 saturated heterocycles. The van der Waals surface area contributed by atoms with Gasteiger partial charge in [0.25, 0.3) is 0 Å². The summed E-state index contributed by atoms with van der Waals surface area (Å²) in [7, 11) is -3.29. The highest BCUT2D eigenvalue weighted by Crippen LogP contribution is 2.19. The molecule has 0 unspecified atom stereocenters. The third-order valence-corrected chi connectivity index (χ3v) is 3.14. The van der Waals surface area contributed by atoms with E-state index in [9.17, 15) is 8.42 Å². The van der Waals surface area contributed by atoms with Crippen molar-refractivity contribution in [2.75, 3.05) is 19.4 Å². The molecular weight excluding hydrogens is 240 g/mol. The maximum absolute atomic E-state index is 11.5. The molecule has 17 heavy (non-hydrogen) atoms. The normalized spacial score (nSPS) is 11.8. The zero-order valence-electron chi connectivity index (χ0n) is 10.3. The predicted octanol–water partition coefficient (Wildman–Crippen LogP) is 0.862. The van der Waals surface area contributed by atoms with E-state index in [0.29, 0.717) is 19.2 Å². The number of pyridine rings is 1. The van der Waals surface area contributed by atoms with E-state index in [4.69, 9.17) is 4.74 Å². The number of hydrogen-bond acceptors (Lipinski definition) is 5. The van der Waals surface area contributed by atoms with Gasteiger partial charge in [0.2, 0.25) is 5.88 Å². The van der Waals surface area contributed by atoms with Crippen LogP contribution in [-0.4, -0.2) is 38.9 Å². The number of aromatic nitrogens is 1. The van der Waals surface area contributed by atoms with Gasteiger partial charge in [-0.3, -0.25) is 0 Å². The lowest BCUT2D eigenvalue weighted by Crippen LogP contribution is -2.27. The first-order chi connectivity index (χ1) is 7.91. The smallest absolute Gasteiger partial charge is 0.232 e. The van der Waals surface area contributed by atoms with Gasteiger partial charge < -0.3 is 10.1 Å². The zero-order chi connectivity index (χ0) is 12.9. The molecule has 0 amide bonds. The maximum atomic E-state index is 11.5. The lowest BCUT2D eigenvalue weighted by Gasteiger charge is -2.10. The highest BCUT2D eigenvalue weighted by molar-refractivity contribution is 7.90. The van der Waals surface area contributed by atoms with E-state index in [0.717, 1.165) is 6.26 Å². The first-order valence-corrected chi connectivity index (χ1v) is 7.31.